The molecule has 2 aromatic carbocycles. The van der Waals surface area contributed by atoms with Crippen LogP contribution in [0.5, 0.6) is 23.0 Å². The second kappa shape index (κ2) is 9.54. The maximum absolute atomic E-state index is 12.7. The zero-order valence-electron chi connectivity index (χ0n) is 20.2. The summed E-state index contributed by atoms with van der Waals surface area (Å²) in [5, 5.41) is 5.96. The van der Waals surface area contributed by atoms with Crippen LogP contribution in [-0.4, -0.2) is 48.9 Å². The Labute approximate surface area is 210 Å². The largest absolute Gasteiger partial charge is 0.454 e. The smallest absolute Gasteiger partial charge is 0.251 e. The number of anilines is 2. The minimum atomic E-state index is -0.525. The maximum Gasteiger partial charge on any atom is 0.251 e. The van der Waals surface area contributed by atoms with Crippen LogP contribution in [0.2, 0.25) is 0 Å². The molecule has 9 nitrogen and oxygen atoms in total. The molecule has 2 N–H and O–H groups in total. The Morgan fingerprint density at radius 3 is 2.31 bits per heavy atom. The summed E-state index contributed by atoms with van der Waals surface area (Å²) in [4.78, 5) is 27.5. The Morgan fingerprint density at radius 2 is 1.50 bits per heavy atom. The zero-order chi connectivity index (χ0) is 24.5. The van der Waals surface area contributed by atoms with Crippen LogP contribution in [0.3, 0.4) is 0 Å². The van der Waals surface area contributed by atoms with Gasteiger partial charge in [0, 0.05) is 42.3 Å². The zero-order valence-corrected chi connectivity index (χ0v) is 20.2. The molecule has 0 aromatic heterocycles. The lowest BCUT2D eigenvalue weighted by Crippen LogP contribution is -2.41. The molecule has 2 fully saturated rings. The minimum Gasteiger partial charge on any atom is -0.454 e. The topological polar surface area (TPSA) is 98.4 Å². The van der Waals surface area contributed by atoms with E-state index in [1.165, 1.54) is 6.42 Å². The Hall–Kier alpha value is -3.46. The third-order valence-electron chi connectivity index (χ3n) is 7.40. The standard InChI is InChI=1S/C27H31N3O6/c31-25(28-19-5-7-22-24(15-19)36-27(35-22)10-2-1-3-11-27)16-30-12-8-18(9-13-30)26(32)29-20-4-6-21-23(14-20)34-17-33-21/h4-7,14-15,18H,1-3,8-13,16-17H2,(H,28,31)(H,29,32). The van der Waals surface area contributed by atoms with Crippen molar-refractivity contribution in [3.8, 4) is 23.0 Å². The fraction of sp³-hybridized carbons (Fsp3) is 0.481. The van der Waals surface area contributed by atoms with Gasteiger partial charge in [-0.1, -0.05) is 6.42 Å². The van der Waals surface area contributed by atoms with Crippen molar-refractivity contribution in [3.05, 3.63) is 36.4 Å². The summed E-state index contributed by atoms with van der Waals surface area (Å²) >= 11 is 0. The SMILES string of the molecule is O=C(CN1CCC(C(=O)Nc2ccc3c(c2)OCO3)CC1)Nc1ccc2c(c1)OC1(CCCCC1)O2. The van der Waals surface area contributed by atoms with Crippen LogP contribution in [0.1, 0.15) is 44.9 Å². The molecule has 1 spiro atoms. The lowest BCUT2D eigenvalue weighted by molar-refractivity contribution is -0.121. The molecule has 190 valence electrons. The Balaban J connectivity index is 0.969. The summed E-state index contributed by atoms with van der Waals surface area (Å²) in [7, 11) is 0. The number of carbonyl (C=O) groups excluding carboxylic acids is 2. The van der Waals surface area contributed by atoms with Gasteiger partial charge in [0.15, 0.2) is 23.0 Å². The lowest BCUT2D eigenvalue weighted by Gasteiger charge is -2.31. The van der Waals surface area contributed by atoms with E-state index in [1.54, 1.807) is 12.1 Å². The second-order valence-corrected chi connectivity index (χ2v) is 9.99. The number of benzene rings is 2. The molecule has 3 aliphatic heterocycles. The van der Waals surface area contributed by atoms with Crippen molar-refractivity contribution in [1.29, 1.82) is 0 Å². The highest BCUT2D eigenvalue weighted by Gasteiger charge is 2.42. The summed E-state index contributed by atoms with van der Waals surface area (Å²) in [5.74, 6) is 2.08. The molecule has 9 heteroatoms. The molecule has 1 saturated carbocycles. The van der Waals surface area contributed by atoms with E-state index in [-0.39, 0.29) is 31.1 Å². The number of fused-ring (bicyclic) bond motifs is 2. The van der Waals surface area contributed by atoms with Gasteiger partial charge in [0.05, 0.1) is 6.54 Å². The third kappa shape index (κ3) is 4.80. The van der Waals surface area contributed by atoms with Crippen LogP contribution >= 0.6 is 0 Å². The van der Waals surface area contributed by atoms with Gasteiger partial charge < -0.3 is 29.6 Å². The number of amides is 2. The van der Waals surface area contributed by atoms with Crippen LogP contribution in [0.15, 0.2) is 36.4 Å². The molecule has 3 heterocycles. The van der Waals surface area contributed by atoms with Crippen molar-refractivity contribution in [2.24, 2.45) is 5.92 Å². The number of carbonyl (C=O) groups is 2. The third-order valence-corrected chi connectivity index (χ3v) is 7.40. The van der Waals surface area contributed by atoms with Crippen molar-refractivity contribution >= 4 is 23.2 Å². The first-order valence-electron chi connectivity index (χ1n) is 12.8. The van der Waals surface area contributed by atoms with E-state index in [4.69, 9.17) is 18.9 Å². The first kappa shape index (κ1) is 23.0. The van der Waals surface area contributed by atoms with Gasteiger partial charge in [0.1, 0.15) is 0 Å². The minimum absolute atomic E-state index is 0.00550. The van der Waals surface area contributed by atoms with Crippen molar-refractivity contribution < 1.29 is 28.5 Å². The average molecular weight is 494 g/mol. The van der Waals surface area contributed by atoms with Gasteiger partial charge in [0.2, 0.25) is 18.6 Å². The molecule has 36 heavy (non-hydrogen) atoms. The quantitative estimate of drug-likeness (QED) is 0.646. The summed E-state index contributed by atoms with van der Waals surface area (Å²) < 4.78 is 23.0. The summed E-state index contributed by atoms with van der Waals surface area (Å²) in [6, 6.07) is 11.0. The van der Waals surface area contributed by atoms with E-state index in [1.807, 2.05) is 24.3 Å². The summed E-state index contributed by atoms with van der Waals surface area (Å²) in [6.07, 6.45) is 6.63. The number of hydrogen-bond acceptors (Lipinski definition) is 7. The molecular formula is C27H31N3O6. The number of nitrogens with zero attached hydrogens (tertiary/aromatic N) is 1. The Bertz CT molecular complexity index is 1150. The number of piperidine rings is 1. The average Bonchev–Trinajstić information content (AvgIpc) is 3.48. The van der Waals surface area contributed by atoms with Crippen molar-refractivity contribution in [3.63, 3.8) is 0 Å². The van der Waals surface area contributed by atoms with Gasteiger partial charge in [0.25, 0.3) is 5.79 Å². The Kier molecular flexibility index (Phi) is 6.08. The molecule has 0 atom stereocenters. The molecule has 0 radical (unpaired) electrons. The van der Waals surface area contributed by atoms with Gasteiger partial charge >= 0.3 is 0 Å². The van der Waals surface area contributed by atoms with Crippen molar-refractivity contribution in [1.82, 2.24) is 4.90 Å². The van der Waals surface area contributed by atoms with Gasteiger partial charge in [-0.05, 0) is 63.0 Å². The number of rotatable bonds is 5. The van der Waals surface area contributed by atoms with E-state index < -0.39 is 5.79 Å². The first-order chi connectivity index (χ1) is 17.6. The monoisotopic (exact) mass is 493 g/mol. The predicted octanol–water partition coefficient (Wildman–Crippen LogP) is 4.14. The number of hydrogen-bond donors (Lipinski definition) is 2. The maximum atomic E-state index is 12.7. The van der Waals surface area contributed by atoms with Gasteiger partial charge in [-0.3, -0.25) is 14.5 Å². The summed E-state index contributed by atoms with van der Waals surface area (Å²) in [5.41, 5.74) is 1.40. The van der Waals surface area contributed by atoms with Crippen LogP contribution in [0.4, 0.5) is 11.4 Å². The molecule has 2 amide bonds. The van der Waals surface area contributed by atoms with E-state index in [2.05, 4.69) is 15.5 Å². The van der Waals surface area contributed by atoms with E-state index in [0.717, 1.165) is 31.4 Å². The molecular weight excluding hydrogens is 462 g/mol. The highest BCUT2D eigenvalue weighted by Crippen LogP contribution is 2.46. The van der Waals surface area contributed by atoms with Crippen LogP contribution < -0.4 is 29.6 Å². The summed E-state index contributed by atoms with van der Waals surface area (Å²) in [6.45, 7) is 1.87. The first-order valence-corrected chi connectivity index (χ1v) is 12.8. The number of nitrogens with one attached hydrogen (secondary N) is 2. The van der Waals surface area contributed by atoms with E-state index >= 15 is 0 Å². The van der Waals surface area contributed by atoms with Gasteiger partial charge in [-0.15, -0.1) is 0 Å². The molecule has 2 aromatic rings. The Morgan fingerprint density at radius 1 is 0.833 bits per heavy atom. The molecule has 4 aliphatic rings. The number of ether oxygens (including phenoxy) is 4. The molecule has 1 aliphatic carbocycles. The molecule has 1 saturated heterocycles. The molecule has 0 unspecified atom stereocenters. The van der Waals surface area contributed by atoms with Crippen LogP contribution in [0.25, 0.3) is 0 Å². The lowest BCUT2D eigenvalue weighted by atomic mass is 9.94. The molecule has 0 bridgehead atoms. The van der Waals surface area contributed by atoms with Crippen LogP contribution in [-0.2, 0) is 9.59 Å². The van der Waals surface area contributed by atoms with Crippen LogP contribution in [0, 0.1) is 5.92 Å². The predicted molar refractivity (Wildman–Crippen MR) is 133 cm³/mol. The van der Waals surface area contributed by atoms with Gasteiger partial charge in [-0.2, -0.15) is 0 Å². The number of likely N-dealkylation sites (tertiary alicyclic amines) is 1. The van der Waals surface area contributed by atoms with E-state index in [0.29, 0.717) is 54.6 Å². The highest BCUT2D eigenvalue weighted by molar-refractivity contribution is 5.93. The van der Waals surface area contributed by atoms with Gasteiger partial charge in [-0.25, -0.2) is 0 Å². The second-order valence-electron chi connectivity index (χ2n) is 9.99. The van der Waals surface area contributed by atoms with Crippen molar-refractivity contribution in [2.45, 2.75) is 50.7 Å². The highest BCUT2D eigenvalue weighted by atomic mass is 16.7. The van der Waals surface area contributed by atoms with E-state index in [9.17, 15) is 9.59 Å². The fourth-order valence-electron chi connectivity index (χ4n) is 5.44. The fourth-order valence-corrected chi connectivity index (χ4v) is 5.44. The van der Waals surface area contributed by atoms with Crippen molar-refractivity contribution in [2.75, 3.05) is 37.1 Å². The normalized spacial score (nSPS) is 20.3. The molecule has 6 rings (SSSR count).